The molecule has 0 atom stereocenters. The van der Waals surface area contributed by atoms with E-state index in [9.17, 15) is 8.42 Å². The van der Waals surface area contributed by atoms with E-state index in [1.165, 1.54) is 32.4 Å². The van der Waals surface area contributed by atoms with Gasteiger partial charge in [-0.25, -0.2) is 8.42 Å². The van der Waals surface area contributed by atoms with Crippen LogP contribution in [0.25, 0.3) is 12.2 Å². The highest BCUT2D eigenvalue weighted by Crippen LogP contribution is 2.38. The molecule has 32 heavy (non-hydrogen) atoms. The van der Waals surface area contributed by atoms with Gasteiger partial charge in [-0.05, 0) is 47.5 Å². The molecule has 0 spiro atoms. The third kappa shape index (κ3) is 5.73. The van der Waals surface area contributed by atoms with E-state index in [0.717, 1.165) is 11.1 Å². The molecular weight excluding hydrogens is 430 g/mol. The van der Waals surface area contributed by atoms with Crippen molar-refractivity contribution in [2.24, 2.45) is 0 Å². The number of allylic oxidation sites excluding steroid dienone is 3. The van der Waals surface area contributed by atoms with Crippen LogP contribution in [0.5, 0.6) is 23.0 Å². The number of hydrogen-bond donors (Lipinski definition) is 1. The predicted octanol–water partition coefficient (Wildman–Crippen LogP) is 4.89. The molecule has 0 bridgehead atoms. The van der Waals surface area contributed by atoms with Gasteiger partial charge >= 0.3 is 0 Å². The molecule has 0 aliphatic heterocycles. The third-order valence-corrected chi connectivity index (χ3v) is 5.83. The summed E-state index contributed by atoms with van der Waals surface area (Å²) in [6.45, 7) is 7.07. The van der Waals surface area contributed by atoms with Crippen molar-refractivity contribution in [1.29, 1.82) is 0 Å². The fourth-order valence-corrected chi connectivity index (χ4v) is 3.95. The highest BCUT2D eigenvalue weighted by atomic mass is 32.2. The molecule has 8 heteroatoms. The van der Waals surface area contributed by atoms with Gasteiger partial charge in [0.2, 0.25) is 5.75 Å². The number of rotatable bonds is 11. The zero-order valence-corrected chi connectivity index (χ0v) is 19.4. The summed E-state index contributed by atoms with van der Waals surface area (Å²) in [5, 5.41) is 0. The van der Waals surface area contributed by atoms with E-state index in [-0.39, 0.29) is 10.6 Å². The molecule has 0 aliphatic carbocycles. The molecule has 2 aromatic carbocycles. The van der Waals surface area contributed by atoms with Gasteiger partial charge in [0.15, 0.2) is 11.5 Å². The van der Waals surface area contributed by atoms with Crippen LogP contribution >= 0.6 is 0 Å². The van der Waals surface area contributed by atoms with E-state index < -0.39 is 10.0 Å². The van der Waals surface area contributed by atoms with Crippen LogP contribution < -0.4 is 23.7 Å². The molecule has 2 aromatic rings. The molecule has 0 unspecified atom stereocenters. The second-order valence-corrected chi connectivity index (χ2v) is 8.05. The molecule has 0 aromatic heterocycles. The van der Waals surface area contributed by atoms with Crippen molar-refractivity contribution in [2.75, 3.05) is 33.2 Å². The lowest BCUT2D eigenvalue weighted by Gasteiger charge is -2.13. The van der Waals surface area contributed by atoms with Crippen LogP contribution in [0.3, 0.4) is 0 Å². The van der Waals surface area contributed by atoms with Gasteiger partial charge in [-0.15, -0.1) is 0 Å². The van der Waals surface area contributed by atoms with Crippen molar-refractivity contribution in [2.45, 2.75) is 0 Å². The number of sulfonamides is 1. The maximum atomic E-state index is 12.7. The Bertz CT molecular complexity index is 1120. The number of anilines is 1. The van der Waals surface area contributed by atoms with Gasteiger partial charge in [0.1, 0.15) is 5.75 Å². The molecule has 0 fully saturated rings. The van der Waals surface area contributed by atoms with Crippen molar-refractivity contribution in [3.63, 3.8) is 0 Å². The van der Waals surface area contributed by atoms with Gasteiger partial charge in [-0.1, -0.05) is 37.5 Å². The largest absolute Gasteiger partial charge is 0.495 e. The molecular formula is C24H27NO6S. The Morgan fingerprint density at radius 3 is 1.94 bits per heavy atom. The second-order valence-electron chi connectivity index (χ2n) is 6.37. The zero-order valence-electron chi connectivity index (χ0n) is 18.5. The first kappa shape index (κ1) is 24.6. The summed E-state index contributed by atoms with van der Waals surface area (Å²) in [4.78, 5) is -0.00655. The number of methoxy groups -OCH3 is 4. The fraction of sp³-hybridized carbons (Fsp3) is 0.167. The maximum Gasteiger partial charge on any atom is 0.261 e. The summed E-state index contributed by atoms with van der Waals surface area (Å²) in [5.74, 6) is 1.93. The van der Waals surface area contributed by atoms with Crippen LogP contribution in [-0.4, -0.2) is 36.9 Å². The Kier molecular flexibility index (Phi) is 8.54. The van der Waals surface area contributed by atoms with E-state index >= 15 is 0 Å². The van der Waals surface area contributed by atoms with Gasteiger partial charge in [-0.2, -0.15) is 0 Å². The van der Waals surface area contributed by atoms with E-state index in [0.29, 0.717) is 23.0 Å². The van der Waals surface area contributed by atoms with Crippen molar-refractivity contribution in [3.8, 4) is 23.0 Å². The van der Waals surface area contributed by atoms with Crippen LogP contribution in [0, 0.1) is 0 Å². The monoisotopic (exact) mass is 457 g/mol. The van der Waals surface area contributed by atoms with E-state index in [4.69, 9.17) is 18.9 Å². The lowest BCUT2D eigenvalue weighted by atomic mass is 10.1. The lowest BCUT2D eigenvalue weighted by Crippen LogP contribution is -2.14. The normalized spacial score (nSPS) is 11.7. The summed E-state index contributed by atoms with van der Waals surface area (Å²) in [7, 11) is 2.24. The summed E-state index contributed by atoms with van der Waals surface area (Å²) >= 11 is 0. The highest BCUT2D eigenvalue weighted by molar-refractivity contribution is 7.96. The minimum absolute atomic E-state index is 0.00655. The highest BCUT2D eigenvalue weighted by Gasteiger charge is 2.17. The summed E-state index contributed by atoms with van der Waals surface area (Å²) in [6, 6.07) is 8.76. The summed E-state index contributed by atoms with van der Waals surface area (Å²) in [6.07, 6.45) is 7.65. The molecule has 170 valence electrons. The van der Waals surface area contributed by atoms with Gasteiger partial charge < -0.3 is 18.9 Å². The average molecular weight is 458 g/mol. The molecule has 0 amide bonds. The smallest absolute Gasteiger partial charge is 0.261 e. The molecule has 7 nitrogen and oxygen atoms in total. The topological polar surface area (TPSA) is 83.1 Å². The number of nitrogens with one attached hydrogen (secondary N) is 1. The maximum absolute atomic E-state index is 12.7. The molecule has 0 heterocycles. The first-order valence-corrected chi connectivity index (χ1v) is 11.0. The molecule has 2 rings (SSSR count). The van der Waals surface area contributed by atoms with Crippen molar-refractivity contribution in [1.82, 2.24) is 0 Å². The molecule has 0 aliphatic rings. The molecule has 0 radical (unpaired) electrons. The van der Waals surface area contributed by atoms with E-state index in [1.54, 1.807) is 44.6 Å². The number of hydrogen-bond acceptors (Lipinski definition) is 6. The lowest BCUT2D eigenvalue weighted by molar-refractivity contribution is 0.324. The average Bonchev–Trinajstić information content (AvgIpc) is 2.79. The standard InChI is InChI=1S/C24H27NO6S/c1-7-9-19(8-2)32(26,27)25-20-14-17(12-13-21(20)28-3)10-11-18-15-22(29-4)24(31-6)23(16-18)30-5/h7-16,25H,1-2H2,3-6H3/b11-10-,19-9+. The quantitative estimate of drug-likeness (QED) is 0.382. The molecule has 1 N–H and O–H groups in total. The van der Waals surface area contributed by atoms with E-state index in [1.807, 2.05) is 12.2 Å². The van der Waals surface area contributed by atoms with Crippen LogP contribution in [-0.2, 0) is 10.0 Å². The summed E-state index contributed by atoms with van der Waals surface area (Å²) < 4.78 is 49.3. The SMILES string of the molecule is C=C/C=C(\C=C)S(=O)(=O)Nc1cc(/C=C\c2cc(OC)c(OC)c(OC)c2)ccc1OC. The minimum atomic E-state index is -3.86. The summed E-state index contributed by atoms with van der Waals surface area (Å²) in [5.41, 5.74) is 1.83. The predicted molar refractivity (Wildman–Crippen MR) is 129 cm³/mol. The molecule has 0 saturated carbocycles. The van der Waals surface area contributed by atoms with Crippen LogP contribution in [0.15, 0.2) is 66.6 Å². The van der Waals surface area contributed by atoms with E-state index in [2.05, 4.69) is 17.9 Å². The van der Waals surface area contributed by atoms with Crippen LogP contribution in [0.1, 0.15) is 11.1 Å². The zero-order chi connectivity index (χ0) is 23.7. The number of ether oxygens (including phenoxy) is 4. The van der Waals surface area contributed by atoms with Crippen LogP contribution in [0.4, 0.5) is 5.69 Å². The number of benzene rings is 2. The minimum Gasteiger partial charge on any atom is -0.495 e. The first-order valence-electron chi connectivity index (χ1n) is 9.47. The third-order valence-electron chi connectivity index (χ3n) is 4.42. The Morgan fingerprint density at radius 1 is 0.844 bits per heavy atom. The van der Waals surface area contributed by atoms with Crippen molar-refractivity contribution >= 4 is 27.9 Å². The Morgan fingerprint density at radius 2 is 1.44 bits per heavy atom. The Balaban J connectivity index is 2.43. The van der Waals surface area contributed by atoms with Crippen molar-refractivity contribution < 1.29 is 27.4 Å². The fourth-order valence-electron chi connectivity index (χ4n) is 2.89. The van der Waals surface area contributed by atoms with Crippen molar-refractivity contribution in [3.05, 3.63) is 77.7 Å². The first-order chi connectivity index (χ1) is 15.3. The van der Waals surface area contributed by atoms with Crippen LogP contribution in [0.2, 0.25) is 0 Å². The van der Waals surface area contributed by atoms with Gasteiger partial charge in [0.25, 0.3) is 10.0 Å². The van der Waals surface area contributed by atoms with Gasteiger partial charge in [-0.3, -0.25) is 4.72 Å². The molecule has 0 saturated heterocycles. The van der Waals surface area contributed by atoms with Gasteiger partial charge in [0.05, 0.1) is 39.0 Å². The Labute approximate surface area is 189 Å². The van der Waals surface area contributed by atoms with Gasteiger partial charge in [0, 0.05) is 0 Å². The Hall–Kier alpha value is -3.65. The second kappa shape index (κ2) is 11.1.